The SMILES string of the molecule is S=C1NNc2c([nH]c3ccc(Br)cc23)N1. The van der Waals surface area contributed by atoms with Crippen LogP contribution in [0.25, 0.3) is 10.9 Å². The predicted octanol–water partition coefficient (Wildman–Crippen LogP) is 2.56. The Kier molecular flexibility index (Phi) is 1.86. The molecule has 15 heavy (non-hydrogen) atoms. The van der Waals surface area contributed by atoms with Crippen LogP contribution < -0.4 is 16.2 Å². The highest BCUT2D eigenvalue weighted by atomic mass is 79.9. The average Bonchev–Trinajstić information content (AvgIpc) is 2.54. The normalized spacial score (nSPS) is 14.1. The third-order valence-electron chi connectivity index (χ3n) is 2.30. The van der Waals surface area contributed by atoms with E-state index in [4.69, 9.17) is 12.2 Å². The summed E-state index contributed by atoms with van der Waals surface area (Å²) in [6, 6.07) is 6.07. The highest BCUT2D eigenvalue weighted by Crippen LogP contribution is 2.34. The molecule has 0 saturated carbocycles. The summed E-state index contributed by atoms with van der Waals surface area (Å²) >= 11 is 8.45. The summed E-state index contributed by atoms with van der Waals surface area (Å²) in [7, 11) is 0. The van der Waals surface area contributed by atoms with Gasteiger partial charge in [0.15, 0.2) is 5.11 Å². The molecule has 0 radical (unpaired) electrons. The number of benzene rings is 1. The van der Waals surface area contributed by atoms with E-state index in [1.54, 1.807) is 0 Å². The maximum atomic E-state index is 5.00. The van der Waals surface area contributed by atoms with E-state index >= 15 is 0 Å². The Balaban J connectivity index is 2.28. The van der Waals surface area contributed by atoms with Crippen molar-refractivity contribution in [3.63, 3.8) is 0 Å². The molecule has 2 heterocycles. The number of hydrogen-bond acceptors (Lipinski definition) is 2. The van der Waals surface area contributed by atoms with Crippen LogP contribution in [0.2, 0.25) is 0 Å². The Morgan fingerprint density at radius 2 is 2.07 bits per heavy atom. The second-order valence-electron chi connectivity index (χ2n) is 3.27. The summed E-state index contributed by atoms with van der Waals surface area (Å²) in [6.45, 7) is 0. The highest BCUT2D eigenvalue weighted by Gasteiger charge is 2.16. The summed E-state index contributed by atoms with van der Waals surface area (Å²) in [4.78, 5) is 3.25. The van der Waals surface area contributed by atoms with E-state index in [2.05, 4.69) is 43.1 Å². The number of hydrogen-bond donors (Lipinski definition) is 4. The van der Waals surface area contributed by atoms with Gasteiger partial charge in [0.1, 0.15) is 11.5 Å². The predicted molar refractivity (Wildman–Crippen MR) is 69.0 cm³/mol. The molecule has 0 atom stereocenters. The zero-order valence-corrected chi connectivity index (χ0v) is 9.92. The molecular formula is C9H7BrN4S. The first-order valence-electron chi connectivity index (χ1n) is 4.38. The third kappa shape index (κ3) is 1.37. The Labute approximate surface area is 99.5 Å². The van der Waals surface area contributed by atoms with E-state index < -0.39 is 0 Å². The number of hydrazine groups is 1. The Hall–Kier alpha value is -1.27. The van der Waals surface area contributed by atoms with Crippen LogP contribution in [-0.2, 0) is 0 Å². The van der Waals surface area contributed by atoms with Gasteiger partial charge >= 0.3 is 0 Å². The number of H-pyrrole nitrogens is 1. The fourth-order valence-electron chi connectivity index (χ4n) is 1.65. The summed E-state index contributed by atoms with van der Waals surface area (Å²) in [5.74, 6) is 0.895. The summed E-state index contributed by atoms with van der Waals surface area (Å²) < 4.78 is 1.05. The number of aromatic nitrogens is 1. The first kappa shape index (κ1) is 8.99. The molecule has 1 aromatic heterocycles. The van der Waals surface area contributed by atoms with Crippen molar-refractivity contribution in [3.8, 4) is 0 Å². The molecule has 4 N–H and O–H groups in total. The molecule has 1 aliphatic heterocycles. The average molecular weight is 283 g/mol. The summed E-state index contributed by atoms with van der Waals surface area (Å²) in [5, 5.41) is 4.73. The number of rotatable bonds is 0. The van der Waals surface area contributed by atoms with E-state index in [1.165, 1.54) is 0 Å². The van der Waals surface area contributed by atoms with Gasteiger partial charge in [-0.3, -0.25) is 10.9 Å². The summed E-state index contributed by atoms with van der Waals surface area (Å²) in [5.41, 5.74) is 7.98. The highest BCUT2D eigenvalue weighted by molar-refractivity contribution is 9.10. The molecule has 0 saturated heterocycles. The fraction of sp³-hybridized carbons (Fsp3) is 0. The number of aromatic amines is 1. The molecule has 1 aromatic carbocycles. The first-order valence-corrected chi connectivity index (χ1v) is 5.58. The van der Waals surface area contributed by atoms with Gasteiger partial charge in [-0.15, -0.1) is 0 Å². The number of halogens is 1. The zero-order valence-electron chi connectivity index (χ0n) is 7.52. The number of thiocarbonyl (C=S) groups is 1. The Bertz CT molecular complexity index is 562. The van der Waals surface area contributed by atoms with Gasteiger partial charge in [-0.25, -0.2) is 0 Å². The molecule has 3 rings (SSSR count). The van der Waals surface area contributed by atoms with Crippen LogP contribution in [0.15, 0.2) is 22.7 Å². The van der Waals surface area contributed by atoms with E-state index in [-0.39, 0.29) is 0 Å². The van der Waals surface area contributed by atoms with Crippen molar-refractivity contribution in [1.29, 1.82) is 0 Å². The lowest BCUT2D eigenvalue weighted by Gasteiger charge is -2.18. The lowest BCUT2D eigenvalue weighted by atomic mass is 10.2. The van der Waals surface area contributed by atoms with E-state index in [0.717, 1.165) is 26.9 Å². The molecule has 2 aromatic rings. The third-order valence-corrected chi connectivity index (χ3v) is 3.00. The van der Waals surface area contributed by atoms with Crippen molar-refractivity contribution >= 4 is 55.7 Å². The van der Waals surface area contributed by atoms with Crippen molar-refractivity contribution in [1.82, 2.24) is 10.4 Å². The number of fused-ring (bicyclic) bond motifs is 3. The van der Waals surface area contributed by atoms with E-state index in [9.17, 15) is 0 Å². The van der Waals surface area contributed by atoms with Gasteiger partial charge in [0.2, 0.25) is 0 Å². The molecule has 4 nitrogen and oxygen atoms in total. The first-order chi connectivity index (χ1) is 7.24. The van der Waals surface area contributed by atoms with Crippen LogP contribution in [0.5, 0.6) is 0 Å². The van der Waals surface area contributed by atoms with E-state index in [1.807, 2.05) is 12.1 Å². The number of anilines is 2. The lowest BCUT2D eigenvalue weighted by Crippen LogP contribution is -2.37. The van der Waals surface area contributed by atoms with Crippen molar-refractivity contribution < 1.29 is 0 Å². The molecular weight excluding hydrogens is 276 g/mol. The smallest absolute Gasteiger partial charge is 0.190 e. The molecule has 76 valence electrons. The monoisotopic (exact) mass is 282 g/mol. The quantitative estimate of drug-likeness (QED) is 0.561. The van der Waals surface area contributed by atoms with Crippen molar-refractivity contribution in [2.75, 3.05) is 10.7 Å². The largest absolute Gasteiger partial charge is 0.339 e. The van der Waals surface area contributed by atoms with Gasteiger partial charge in [-0.2, -0.15) is 0 Å². The van der Waals surface area contributed by atoms with Gasteiger partial charge in [-0.05, 0) is 30.4 Å². The molecule has 0 unspecified atom stereocenters. The molecule has 6 heteroatoms. The molecule has 0 bridgehead atoms. The molecule has 0 aliphatic carbocycles. The molecule has 0 amide bonds. The van der Waals surface area contributed by atoms with Gasteiger partial charge < -0.3 is 10.3 Å². The van der Waals surface area contributed by atoms with Crippen LogP contribution in [0.4, 0.5) is 11.5 Å². The minimum Gasteiger partial charge on any atom is -0.339 e. The van der Waals surface area contributed by atoms with Crippen LogP contribution in [-0.4, -0.2) is 10.1 Å². The zero-order chi connectivity index (χ0) is 10.4. The second-order valence-corrected chi connectivity index (χ2v) is 4.59. The summed E-state index contributed by atoms with van der Waals surface area (Å²) in [6.07, 6.45) is 0. The van der Waals surface area contributed by atoms with Crippen LogP contribution in [0.1, 0.15) is 0 Å². The molecule has 1 aliphatic rings. The van der Waals surface area contributed by atoms with Crippen molar-refractivity contribution in [2.24, 2.45) is 0 Å². The maximum absolute atomic E-state index is 5.00. The van der Waals surface area contributed by atoms with Gasteiger partial charge in [0.05, 0.1) is 0 Å². The van der Waals surface area contributed by atoms with E-state index in [0.29, 0.717) is 5.11 Å². The lowest BCUT2D eigenvalue weighted by molar-refractivity contribution is 1.12. The maximum Gasteiger partial charge on any atom is 0.190 e. The number of nitrogens with one attached hydrogen (secondary N) is 4. The molecule has 0 spiro atoms. The Morgan fingerprint density at radius 1 is 1.20 bits per heavy atom. The fourth-order valence-corrected chi connectivity index (χ4v) is 2.17. The minimum absolute atomic E-state index is 0.563. The van der Waals surface area contributed by atoms with Crippen molar-refractivity contribution in [2.45, 2.75) is 0 Å². The molecule has 0 fully saturated rings. The van der Waals surface area contributed by atoms with Gasteiger partial charge in [-0.1, -0.05) is 15.9 Å². The van der Waals surface area contributed by atoms with Crippen LogP contribution in [0, 0.1) is 0 Å². The van der Waals surface area contributed by atoms with Crippen LogP contribution in [0.3, 0.4) is 0 Å². The van der Waals surface area contributed by atoms with Gasteiger partial charge in [0, 0.05) is 15.4 Å². The Morgan fingerprint density at radius 3 is 2.93 bits per heavy atom. The second kappa shape index (κ2) is 3.11. The standard InChI is InChI=1S/C9H7BrN4S/c10-4-1-2-6-5(3-4)7-8(11-6)12-9(15)14-13-7/h1-3,11,13H,(H2,12,14,15). The van der Waals surface area contributed by atoms with Crippen LogP contribution >= 0.6 is 28.1 Å². The van der Waals surface area contributed by atoms with Crippen molar-refractivity contribution in [3.05, 3.63) is 22.7 Å². The minimum atomic E-state index is 0.563. The van der Waals surface area contributed by atoms with Gasteiger partial charge in [0.25, 0.3) is 0 Å². The topological polar surface area (TPSA) is 51.9 Å².